The number of aromatic nitrogens is 3. The van der Waals surface area contributed by atoms with Gasteiger partial charge in [0, 0.05) is 17.3 Å². The number of allylic oxidation sites excluding steroid dienone is 1. The summed E-state index contributed by atoms with van der Waals surface area (Å²) in [5.41, 5.74) is 4.94. The zero-order valence-corrected chi connectivity index (χ0v) is 20.4. The first-order valence-electron chi connectivity index (χ1n) is 11.5. The van der Waals surface area contributed by atoms with Crippen LogP contribution in [0.2, 0.25) is 0 Å². The van der Waals surface area contributed by atoms with Crippen molar-refractivity contribution in [2.24, 2.45) is 5.92 Å². The summed E-state index contributed by atoms with van der Waals surface area (Å²) >= 11 is 1.52. The third-order valence-corrected chi connectivity index (χ3v) is 6.49. The fraction of sp³-hybridized carbons (Fsp3) is 0.138. The minimum atomic E-state index is 0.458. The van der Waals surface area contributed by atoms with Crippen molar-refractivity contribution in [1.29, 1.82) is 5.26 Å². The zero-order chi connectivity index (χ0) is 24.2. The van der Waals surface area contributed by atoms with E-state index in [1.807, 2.05) is 95.8 Å². The lowest BCUT2D eigenvalue weighted by Crippen LogP contribution is -2.04. The Morgan fingerprint density at radius 3 is 2.49 bits per heavy atom. The molecule has 3 aromatic carbocycles. The average Bonchev–Trinajstić information content (AvgIpc) is 3.51. The molecule has 0 atom stereocenters. The molecule has 5 nitrogen and oxygen atoms in total. The van der Waals surface area contributed by atoms with E-state index >= 15 is 0 Å². The van der Waals surface area contributed by atoms with Gasteiger partial charge in [-0.2, -0.15) is 10.4 Å². The highest BCUT2D eigenvalue weighted by Crippen LogP contribution is 2.32. The second-order valence-corrected chi connectivity index (χ2v) is 9.63. The molecule has 2 aromatic heterocycles. The van der Waals surface area contributed by atoms with Crippen LogP contribution in [-0.4, -0.2) is 21.4 Å². The van der Waals surface area contributed by atoms with Crippen LogP contribution in [0.3, 0.4) is 0 Å². The summed E-state index contributed by atoms with van der Waals surface area (Å²) in [7, 11) is 0. The standard InChI is InChI=1S/C29H24N4OS/c1-20(2)19-34-25-14-12-21(13-15-25)28-23(18-33(32-28)24-8-4-3-5-9-24)16-22(17-30)29-31-26-10-6-7-11-27(26)35-29/h3-16,18,20H,19H2,1-2H3/b22-16+. The van der Waals surface area contributed by atoms with Crippen LogP contribution in [0, 0.1) is 17.2 Å². The van der Waals surface area contributed by atoms with Crippen LogP contribution < -0.4 is 4.74 Å². The molecule has 172 valence electrons. The monoisotopic (exact) mass is 476 g/mol. The van der Waals surface area contributed by atoms with Gasteiger partial charge in [0.25, 0.3) is 0 Å². The van der Waals surface area contributed by atoms with E-state index in [4.69, 9.17) is 9.84 Å². The number of ether oxygens (including phenoxy) is 1. The second kappa shape index (κ2) is 9.96. The van der Waals surface area contributed by atoms with Crippen LogP contribution in [0.25, 0.3) is 38.8 Å². The fourth-order valence-corrected chi connectivity index (χ4v) is 4.62. The Kier molecular flexibility index (Phi) is 6.42. The molecule has 2 heterocycles. The van der Waals surface area contributed by atoms with Crippen LogP contribution >= 0.6 is 11.3 Å². The number of hydrogen-bond donors (Lipinski definition) is 0. The quantitative estimate of drug-likeness (QED) is 0.232. The predicted molar refractivity (Wildman–Crippen MR) is 142 cm³/mol. The van der Waals surface area contributed by atoms with E-state index in [0.29, 0.717) is 23.1 Å². The SMILES string of the molecule is CC(C)COc1ccc(-c2nn(-c3ccccc3)cc2/C=C(\C#N)c2nc3ccccc3s2)cc1. The molecule has 5 aromatic rings. The first-order chi connectivity index (χ1) is 17.1. The van der Waals surface area contributed by atoms with E-state index in [0.717, 1.165) is 38.5 Å². The predicted octanol–water partition coefficient (Wildman–Crippen LogP) is 7.25. The van der Waals surface area contributed by atoms with E-state index in [-0.39, 0.29) is 0 Å². The van der Waals surface area contributed by atoms with Crippen molar-refractivity contribution in [3.63, 3.8) is 0 Å². The van der Waals surface area contributed by atoms with Gasteiger partial charge in [0.2, 0.25) is 0 Å². The van der Waals surface area contributed by atoms with E-state index in [2.05, 4.69) is 24.9 Å². The van der Waals surface area contributed by atoms with Crippen molar-refractivity contribution in [3.05, 3.63) is 95.6 Å². The molecule has 0 fully saturated rings. The maximum atomic E-state index is 10.00. The Labute approximate surface area is 208 Å². The van der Waals surface area contributed by atoms with Crippen molar-refractivity contribution < 1.29 is 4.74 Å². The van der Waals surface area contributed by atoms with Crippen molar-refractivity contribution in [2.45, 2.75) is 13.8 Å². The van der Waals surface area contributed by atoms with E-state index in [1.54, 1.807) is 0 Å². The first-order valence-corrected chi connectivity index (χ1v) is 12.3. The van der Waals surface area contributed by atoms with Gasteiger partial charge < -0.3 is 4.74 Å². The molecule has 0 N–H and O–H groups in total. The topological polar surface area (TPSA) is 63.7 Å². The number of nitrogens with zero attached hydrogens (tertiary/aromatic N) is 4. The second-order valence-electron chi connectivity index (χ2n) is 8.60. The van der Waals surface area contributed by atoms with Gasteiger partial charge in [-0.1, -0.05) is 44.2 Å². The normalized spacial score (nSPS) is 11.7. The van der Waals surface area contributed by atoms with Gasteiger partial charge >= 0.3 is 0 Å². The van der Waals surface area contributed by atoms with Crippen molar-refractivity contribution in [3.8, 4) is 28.8 Å². The van der Waals surface area contributed by atoms with Crippen LogP contribution in [0.15, 0.2) is 85.1 Å². The van der Waals surface area contributed by atoms with Crippen LogP contribution in [0.5, 0.6) is 5.75 Å². The van der Waals surface area contributed by atoms with Crippen molar-refractivity contribution in [1.82, 2.24) is 14.8 Å². The molecule has 6 heteroatoms. The third-order valence-electron chi connectivity index (χ3n) is 5.42. The van der Waals surface area contributed by atoms with Crippen LogP contribution in [-0.2, 0) is 0 Å². The maximum absolute atomic E-state index is 10.00. The summed E-state index contributed by atoms with van der Waals surface area (Å²) in [6.45, 7) is 4.92. The fourth-order valence-electron chi connectivity index (χ4n) is 3.69. The molecular weight excluding hydrogens is 452 g/mol. The number of benzene rings is 3. The lowest BCUT2D eigenvalue weighted by Gasteiger charge is -2.09. The van der Waals surface area contributed by atoms with Gasteiger partial charge in [0.1, 0.15) is 16.8 Å². The molecule has 0 unspecified atom stereocenters. The molecular formula is C29H24N4OS. The summed E-state index contributed by atoms with van der Waals surface area (Å²) in [5, 5.41) is 15.6. The number of para-hydroxylation sites is 2. The highest BCUT2D eigenvalue weighted by molar-refractivity contribution is 7.19. The molecule has 5 rings (SSSR count). The minimum absolute atomic E-state index is 0.458. The average molecular weight is 477 g/mol. The van der Waals surface area contributed by atoms with Crippen molar-refractivity contribution in [2.75, 3.05) is 6.61 Å². The van der Waals surface area contributed by atoms with Gasteiger partial charge in [-0.05, 0) is 60.5 Å². The summed E-state index contributed by atoms with van der Waals surface area (Å²) < 4.78 is 8.75. The Morgan fingerprint density at radius 2 is 1.77 bits per heavy atom. The molecule has 0 aliphatic carbocycles. The van der Waals surface area contributed by atoms with Crippen LogP contribution in [0.1, 0.15) is 24.4 Å². The molecule has 0 saturated heterocycles. The number of fused-ring (bicyclic) bond motifs is 1. The van der Waals surface area contributed by atoms with E-state index < -0.39 is 0 Å². The van der Waals surface area contributed by atoms with Gasteiger partial charge in [-0.25, -0.2) is 9.67 Å². The van der Waals surface area contributed by atoms with Crippen molar-refractivity contribution >= 4 is 33.2 Å². The Hall–Kier alpha value is -4.21. The van der Waals surface area contributed by atoms with Gasteiger partial charge in [-0.15, -0.1) is 11.3 Å². The molecule has 0 aliphatic heterocycles. The molecule has 0 saturated carbocycles. The summed E-state index contributed by atoms with van der Waals surface area (Å²) in [6.07, 6.45) is 3.83. The largest absolute Gasteiger partial charge is 0.493 e. The smallest absolute Gasteiger partial charge is 0.135 e. The summed E-state index contributed by atoms with van der Waals surface area (Å²) in [5.74, 6) is 1.29. The van der Waals surface area contributed by atoms with Crippen LogP contribution in [0.4, 0.5) is 0 Å². The molecule has 0 aliphatic rings. The summed E-state index contributed by atoms with van der Waals surface area (Å²) in [4.78, 5) is 4.68. The third kappa shape index (κ3) is 5.01. The molecule has 0 amide bonds. The molecule has 0 bridgehead atoms. The van der Waals surface area contributed by atoms with Gasteiger partial charge in [0.05, 0.1) is 33.8 Å². The minimum Gasteiger partial charge on any atom is -0.493 e. The number of hydrogen-bond acceptors (Lipinski definition) is 5. The summed E-state index contributed by atoms with van der Waals surface area (Å²) in [6, 6.07) is 28.2. The van der Waals surface area contributed by atoms with Gasteiger partial charge in [0.15, 0.2) is 0 Å². The molecule has 0 radical (unpaired) electrons. The number of thiazole rings is 1. The Bertz CT molecular complexity index is 1490. The Balaban J connectivity index is 1.57. The van der Waals surface area contributed by atoms with E-state index in [9.17, 15) is 5.26 Å². The lowest BCUT2D eigenvalue weighted by molar-refractivity contribution is 0.271. The number of nitriles is 1. The zero-order valence-electron chi connectivity index (χ0n) is 19.6. The highest BCUT2D eigenvalue weighted by Gasteiger charge is 2.15. The Morgan fingerprint density at radius 1 is 1.03 bits per heavy atom. The maximum Gasteiger partial charge on any atom is 0.135 e. The first kappa shape index (κ1) is 22.6. The molecule has 0 spiro atoms. The van der Waals surface area contributed by atoms with Gasteiger partial charge in [-0.3, -0.25) is 0 Å². The number of rotatable bonds is 7. The lowest BCUT2D eigenvalue weighted by atomic mass is 10.1. The highest BCUT2D eigenvalue weighted by atomic mass is 32.1. The van der Waals surface area contributed by atoms with E-state index in [1.165, 1.54) is 11.3 Å². The molecule has 35 heavy (non-hydrogen) atoms.